The normalized spacial score (nSPS) is 11.1. The lowest BCUT2D eigenvalue weighted by atomic mass is 10.2. The van der Waals surface area contributed by atoms with E-state index in [1.54, 1.807) is 13.8 Å². The Bertz CT molecular complexity index is 446. The van der Waals surface area contributed by atoms with Crippen LogP contribution in [0.2, 0.25) is 0 Å². The molecule has 0 saturated carbocycles. The van der Waals surface area contributed by atoms with E-state index < -0.39 is 13.8 Å². The third-order valence-electron chi connectivity index (χ3n) is 2.07. The van der Waals surface area contributed by atoms with E-state index in [4.69, 9.17) is 13.6 Å². The average Bonchev–Trinajstić information content (AvgIpc) is 2.39. The number of phosphoric ester groups is 1. The third-order valence-corrected chi connectivity index (χ3v) is 3.65. The van der Waals surface area contributed by atoms with Crippen molar-refractivity contribution in [3.05, 3.63) is 29.8 Å². The zero-order valence-corrected chi connectivity index (χ0v) is 12.0. The van der Waals surface area contributed by atoms with E-state index in [0.29, 0.717) is 5.56 Å². The zero-order valence-electron chi connectivity index (χ0n) is 11.1. The standard InChI is InChI=1S/C12H17O6P/c1-4-16-19(14,17-5-2)18-11-8-6-10(7-9-11)12(13)15-3/h6-9H,4-5H2,1-3H3. The van der Waals surface area contributed by atoms with E-state index in [1.807, 2.05) is 0 Å². The van der Waals surface area contributed by atoms with Gasteiger partial charge in [0.15, 0.2) is 0 Å². The van der Waals surface area contributed by atoms with Crippen molar-refractivity contribution in [2.75, 3.05) is 20.3 Å². The molecule has 106 valence electrons. The molecule has 6 nitrogen and oxygen atoms in total. The van der Waals surface area contributed by atoms with Gasteiger partial charge in [-0.1, -0.05) is 0 Å². The molecule has 7 heteroatoms. The maximum absolute atomic E-state index is 12.1. The Morgan fingerprint density at radius 2 is 1.63 bits per heavy atom. The maximum Gasteiger partial charge on any atom is 0.530 e. The fourth-order valence-corrected chi connectivity index (χ4v) is 2.50. The molecule has 0 spiro atoms. The number of esters is 1. The van der Waals surface area contributed by atoms with Gasteiger partial charge in [-0.15, -0.1) is 0 Å². The molecule has 0 amide bonds. The van der Waals surface area contributed by atoms with Crippen molar-refractivity contribution < 1.29 is 27.7 Å². The largest absolute Gasteiger partial charge is 0.530 e. The summed E-state index contributed by atoms with van der Waals surface area (Å²) in [6.07, 6.45) is 0. The van der Waals surface area contributed by atoms with Gasteiger partial charge in [0, 0.05) is 0 Å². The summed E-state index contributed by atoms with van der Waals surface area (Å²) in [5, 5.41) is 0. The van der Waals surface area contributed by atoms with Crippen LogP contribution < -0.4 is 4.52 Å². The number of ether oxygens (including phenoxy) is 1. The highest BCUT2D eigenvalue weighted by Gasteiger charge is 2.27. The van der Waals surface area contributed by atoms with Gasteiger partial charge in [0.2, 0.25) is 0 Å². The van der Waals surface area contributed by atoms with Crippen molar-refractivity contribution in [2.24, 2.45) is 0 Å². The summed E-state index contributed by atoms with van der Waals surface area (Å²) in [7, 11) is -2.31. The summed E-state index contributed by atoms with van der Waals surface area (Å²) < 4.78 is 31.9. The van der Waals surface area contributed by atoms with E-state index in [0.717, 1.165) is 0 Å². The lowest BCUT2D eigenvalue weighted by Crippen LogP contribution is -2.03. The van der Waals surface area contributed by atoms with Gasteiger partial charge in [-0.3, -0.25) is 9.05 Å². The Balaban J connectivity index is 2.80. The number of hydrogen-bond acceptors (Lipinski definition) is 6. The van der Waals surface area contributed by atoms with E-state index in [-0.39, 0.29) is 19.0 Å². The number of phosphoric acid groups is 1. The molecule has 19 heavy (non-hydrogen) atoms. The van der Waals surface area contributed by atoms with Gasteiger partial charge < -0.3 is 9.26 Å². The first-order valence-corrected chi connectivity index (χ1v) is 7.27. The fourth-order valence-electron chi connectivity index (χ4n) is 1.31. The van der Waals surface area contributed by atoms with Gasteiger partial charge in [0.05, 0.1) is 25.9 Å². The van der Waals surface area contributed by atoms with Crippen molar-refractivity contribution in [2.45, 2.75) is 13.8 Å². The van der Waals surface area contributed by atoms with E-state index in [1.165, 1.54) is 31.4 Å². The predicted molar refractivity (Wildman–Crippen MR) is 69.3 cm³/mol. The Labute approximate surface area is 112 Å². The number of methoxy groups -OCH3 is 1. The molecule has 0 unspecified atom stereocenters. The van der Waals surface area contributed by atoms with E-state index in [9.17, 15) is 9.36 Å². The van der Waals surface area contributed by atoms with E-state index in [2.05, 4.69) is 4.74 Å². The zero-order chi connectivity index (χ0) is 14.3. The van der Waals surface area contributed by atoms with E-state index >= 15 is 0 Å². The molecule has 0 radical (unpaired) electrons. The second kappa shape index (κ2) is 7.28. The van der Waals surface area contributed by atoms with Crippen molar-refractivity contribution in [3.63, 3.8) is 0 Å². The molecule has 0 bridgehead atoms. The quantitative estimate of drug-likeness (QED) is 0.567. The summed E-state index contributed by atoms with van der Waals surface area (Å²) in [6.45, 7) is 3.79. The number of benzene rings is 1. The van der Waals surface area contributed by atoms with Gasteiger partial charge in [0.25, 0.3) is 0 Å². The molecular weight excluding hydrogens is 271 g/mol. The highest BCUT2D eigenvalue weighted by Crippen LogP contribution is 2.49. The molecule has 0 aliphatic rings. The lowest BCUT2D eigenvalue weighted by molar-refractivity contribution is 0.0600. The van der Waals surface area contributed by atoms with Gasteiger partial charge in [0.1, 0.15) is 5.75 Å². The highest BCUT2D eigenvalue weighted by molar-refractivity contribution is 7.48. The minimum Gasteiger partial charge on any atom is -0.465 e. The molecule has 0 heterocycles. The number of hydrogen-bond donors (Lipinski definition) is 0. The topological polar surface area (TPSA) is 71.1 Å². The number of carbonyl (C=O) groups is 1. The predicted octanol–water partition coefficient (Wildman–Crippen LogP) is 3.03. The minimum absolute atomic E-state index is 0.206. The molecule has 0 atom stereocenters. The summed E-state index contributed by atoms with van der Waals surface area (Å²) >= 11 is 0. The highest BCUT2D eigenvalue weighted by atomic mass is 31.2. The van der Waals surface area contributed by atoms with Crippen LogP contribution in [-0.4, -0.2) is 26.3 Å². The van der Waals surface area contributed by atoms with Crippen molar-refractivity contribution >= 4 is 13.8 Å². The van der Waals surface area contributed by atoms with Gasteiger partial charge >= 0.3 is 13.8 Å². The van der Waals surface area contributed by atoms with Crippen LogP contribution in [0.25, 0.3) is 0 Å². The van der Waals surface area contributed by atoms with Crippen molar-refractivity contribution in [1.82, 2.24) is 0 Å². The van der Waals surface area contributed by atoms with Crippen molar-refractivity contribution in [1.29, 1.82) is 0 Å². The molecule has 0 aromatic heterocycles. The first-order chi connectivity index (χ1) is 9.04. The van der Waals surface area contributed by atoms with Crippen LogP contribution in [0, 0.1) is 0 Å². The monoisotopic (exact) mass is 288 g/mol. The van der Waals surface area contributed by atoms with Gasteiger partial charge in [-0.05, 0) is 38.1 Å². The van der Waals surface area contributed by atoms with Crippen molar-refractivity contribution in [3.8, 4) is 5.75 Å². The van der Waals surface area contributed by atoms with Crippen LogP contribution in [0.4, 0.5) is 0 Å². The Hall–Kier alpha value is -1.36. The fraction of sp³-hybridized carbons (Fsp3) is 0.417. The molecule has 0 saturated heterocycles. The molecule has 1 aromatic carbocycles. The Morgan fingerprint density at radius 1 is 1.11 bits per heavy atom. The minimum atomic E-state index is -3.60. The first kappa shape index (κ1) is 15.7. The summed E-state index contributed by atoms with van der Waals surface area (Å²) in [6, 6.07) is 6.00. The second-order valence-corrected chi connectivity index (χ2v) is 4.98. The summed E-state index contributed by atoms with van der Waals surface area (Å²) in [4.78, 5) is 11.2. The molecule has 0 aliphatic carbocycles. The van der Waals surface area contributed by atoms with Gasteiger partial charge in [-0.25, -0.2) is 9.36 Å². The molecule has 0 aliphatic heterocycles. The van der Waals surface area contributed by atoms with Crippen LogP contribution in [0.3, 0.4) is 0 Å². The Morgan fingerprint density at radius 3 is 2.05 bits per heavy atom. The molecular formula is C12H17O6P. The Kier molecular flexibility index (Phi) is 6.02. The smallest absolute Gasteiger partial charge is 0.465 e. The molecule has 1 rings (SSSR count). The van der Waals surface area contributed by atoms with Crippen LogP contribution in [-0.2, 0) is 18.3 Å². The van der Waals surface area contributed by atoms with Crippen LogP contribution in [0.5, 0.6) is 5.75 Å². The van der Waals surface area contributed by atoms with Gasteiger partial charge in [-0.2, -0.15) is 0 Å². The van der Waals surface area contributed by atoms with Crippen LogP contribution in [0.15, 0.2) is 24.3 Å². The third kappa shape index (κ3) is 4.67. The second-order valence-electron chi connectivity index (χ2n) is 3.39. The van der Waals surface area contributed by atoms with Crippen LogP contribution >= 0.6 is 7.82 Å². The lowest BCUT2D eigenvalue weighted by Gasteiger charge is -2.16. The summed E-state index contributed by atoms with van der Waals surface area (Å²) in [5.41, 5.74) is 0.373. The maximum atomic E-state index is 12.1. The average molecular weight is 288 g/mol. The molecule has 1 aromatic rings. The number of carbonyl (C=O) groups excluding carboxylic acids is 1. The summed E-state index contributed by atoms with van der Waals surface area (Å²) in [5.74, 6) is -0.165. The van der Waals surface area contributed by atoms with Crippen LogP contribution in [0.1, 0.15) is 24.2 Å². The molecule has 0 N–H and O–H groups in total. The SMILES string of the molecule is CCOP(=O)(OCC)Oc1ccc(C(=O)OC)cc1. The number of rotatable bonds is 7. The molecule has 0 fully saturated rings. The first-order valence-electron chi connectivity index (χ1n) is 5.81.